The van der Waals surface area contributed by atoms with E-state index in [4.69, 9.17) is 4.74 Å². The normalized spacial score (nSPS) is 10.6. The smallest absolute Gasteiger partial charge is 0.338 e. The molecule has 0 aliphatic carbocycles. The zero-order valence-electron chi connectivity index (χ0n) is 14.5. The molecule has 0 aliphatic heterocycles. The Morgan fingerprint density at radius 2 is 1.93 bits per heavy atom. The molecule has 0 unspecified atom stereocenters. The highest BCUT2D eigenvalue weighted by atomic mass is 32.1. The van der Waals surface area contributed by atoms with E-state index in [1.807, 2.05) is 26.0 Å². The molecule has 2 aromatic carbocycles. The molecule has 0 saturated carbocycles. The first-order chi connectivity index (χ1) is 12.8. The number of nitro groups is 1. The van der Waals surface area contributed by atoms with Crippen LogP contribution in [-0.4, -0.2) is 28.4 Å². The molecular formula is C18H15N3O5S. The summed E-state index contributed by atoms with van der Waals surface area (Å²) in [5.74, 6) is -1.26. The highest BCUT2D eigenvalue weighted by Crippen LogP contribution is 2.29. The van der Waals surface area contributed by atoms with Gasteiger partial charge in [0.2, 0.25) is 0 Å². The number of anilines is 1. The second-order valence-corrected chi connectivity index (χ2v) is 6.91. The van der Waals surface area contributed by atoms with Crippen LogP contribution in [0.25, 0.3) is 10.2 Å². The van der Waals surface area contributed by atoms with Gasteiger partial charge in [0.05, 0.1) is 20.7 Å². The highest BCUT2D eigenvalue weighted by Gasteiger charge is 2.14. The summed E-state index contributed by atoms with van der Waals surface area (Å²) in [5, 5.41) is 13.6. The minimum Gasteiger partial charge on any atom is -0.452 e. The lowest BCUT2D eigenvalue weighted by atomic mass is 10.1. The van der Waals surface area contributed by atoms with Crippen LogP contribution in [0.3, 0.4) is 0 Å². The van der Waals surface area contributed by atoms with Gasteiger partial charge < -0.3 is 4.74 Å². The van der Waals surface area contributed by atoms with E-state index < -0.39 is 23.4 Å². The van der Waals surface area contributed by atoms with Crippen LogP contribution >= 0.6 is 11.3 Å². The highest BCUT2D eigenvalue weighted by molar-refractivity contribution is 7.22. The second-order valence-electron chi connectivity index (χ2n) is 5.88. The molecule has 3 rings (SSSR count). The van der Waals surface area contributed by atoms with Crippen molar-refractivity contribution in [2.24, 2.45) is 0 Å². The number of nitrogens with one attached hydrogen (secondary N) is 1. The number of benzene rings is 2. The number of esters is 1. The summed E-state index contributed by atoms with van der Waals surface area (Å²) in [6.07, 6.45) is 0. The molecule has 138 valence electrons. The summed E-state index contributed by atoms with van der Waals surface area (Å²) in [4.78, 5) is 38.4. The van der Waals surface area contributed by atoms with E-state index in [1.165, 1.54) is 35.6 Å². The number of carbonyl (C=O) groups excluding carboxylic acids is 2. The van der Waals surface area contributed by atoms with Gasteiger partial charge in [-0.3, -0.25) is 20.2 Å². The Hall–Kier alpha value is -3.33. The van der Waals surface area contributed by atoms with Gasteiger partial charge in [-0.2, -0.15) is 0 Å². The molecule has 0 saturated heterocycles. The van der Waals surface area contributed by atoms with E-state index >= 15 is 0 Å². The van der Waals surface area contributed by atoms with Gasteiger partial charge in [-0.25, -0.2) is 9.78 Å². The number of fused-ring (bicyclic) bond motifs is 1. The third kappa shape index (κ3) is 4.26. The third-order valence-electron chi connectivity index (χ3n) is 3.72. The van der Waals surface area contributed by atoms with E-state index in [0.29, 0.717) is 5.13 Å². The molecule has 9 heteroatoms. The Kier molecular flexibility index (Phi) is 5.13. The summed E-state index contributed by atoms with van der Waals surface area (Å²) >= 11 is 1.34. The van der Waals surface area contributed by atoms with E-state index in [0.717, 1.165) is 21.3 Å². The van der Waals surface area contributed by atoms with E-state index in [-0.39, 0.29) is 11.3 Å². The molecule has 1 aromatic heterocycles. The lowest BCUT2D eigenvalue weighted by Crippen LogP contribution is -2.20. The molecule has 0 spiro atoms. The van der Waals surface area contributed by atoms with Crippen LogP contribution in [0.5, 0.6) is 0 Å². The average molecular weight is 385 g/mol. The van der Waals surface area contributed by atoms with Gasteiger partial charge >= 0.3 is 5.97 Å². The van der Waals surface area contributed by atoms with Crippen molar-refractivity contribution in [1.29, 1.82) is 0 Å². The van der Waals surface area contributed by atoms with Gasteiger partial charge in [0.15, 0.2) is 11.7 Å². The molecule has 0 radical (unpaired) electrons. The maximum atomic E-state index is 12.0. The van der Waals surface area contributed by atoms with Crippen molar-refractivity contribution < 1.29 is 19.2 Å². The summed E-state index contributed by atoms with van der Waals surface area (Å²) in [6.45, 7) is 3.46. The minimum absolute atomic E-state index is 0.125. The lowest BCUT2D eigenvalue weighted by Gasteiger charge is -2.04. The first-order valence-corrected chi connectivity index (χ1v) is 8.74. The Labute approximate surface area is 157 Å². The van der Waals surface area contributed by atoms with Crippen molar-refractivity contribution >= 4 is 44.2 Å². The Morgan fingerprint density at radius 1 is 1.22 bits per heavy atom. The average Bonchev–Trinajstić information content (AvgIpc) is 3.02. The Balaban J connectivity index is 1.60. The zero-order chi connectivity index (χ0) is 19.6. The maximum Gasteiger partial charge on any atom is 0.338 e. The van der Waals surface area contributed by atoms with Crippen LogP contribution < -0.4 is 5.32 Å². The number of aromatic nitrogens is 1. The van der Waals surface area contributed by atoms with Gasteiger partial charge in [0.25, 0.3) is 11.6 Å². The fraction of sp³-hybridized carbons (Fsp3) is 0.167. The molecule has 0 aliphatic rings. The molecule has 0 bridgehead atoms. The first kappa shape index (κ1) is 18.5. The molecule has 1 heterocycles. The number of hydrogen-bond donors (Lipinski definition) is 1. The molecule has 0 atom stereocenters. The summed E-state index contributed by atoms with van der Waals surface area (Å²) in [5.41, 5.74) is 2.94. The van der Waals surface area contributed by atoms with Gasteiger partial charge in [-0.1, -0.05) is 17.4 Å². The van der Waals surface area contributed by atoms with Crippen LogP contribution in [0.15, 0.2) is 36.4 Å². The number of rotatable bonds is 5. The van der Waals surface area contributed by atoms with E-state index in [2.05, 4.69) is 10.3 Å². The van der Waals surface area contributed by atoms with Crippen LogP contribution in [-0.2, 0) is 9.53 Å². The topological polar surface area (TPSA) is 111 Å². The van der Waals surface area contributed by atoms with Gasteiger partial charge in [0.1, 0.15) is 0 Å². The minimum atomic E-state index is -0.740. The van der Waals surface area contributed by atoms with E-state index in [9.17, 15) is 19.7 Å². The SMILES string of the molecule is Cc1cc(C)c2nc(NC(=O)COC(=O)c3ccc([N+](=O)[O-])cc3)sc2c1. The summed E-state index contributed by atoms with van der Waals surface area (Å²) in [7, 11) is 0. The lowest BCUT2D eigenvalue weighted by molar-refractivity contribution is -0.384. The number of carbonyl (C=O) groups is 2. The quantitative estimate of drug-likeness (QED) is 0.408. The zero-order valence-corrected chi connectivity index (χ0v) is 15.3. The predicted octanol–water partition coefficient (Wildman–Crippen LogP) is 3.62. The summed E-state index contributed by atoms with van der Waals surface area (Å²) < 4.78 is 5.90. The van der Waals surface area contributed by atoms with Crippen molar-refractivity contribution in [1.82, 2.24) is 4.98 Å². The number of nitrogens with zero attached hydrogens (tertiary/aromatic N) is 2. The second kappa shape index (κ2) is 7.50. The number of thiazole rings is 1. The molecular weight excluding hydrogens is 370 g/mol. The number of nitro benzene ring substituents is 1. The van der Waals surface area contributed by atoms with Crippen molar-refractivity contribution in [3.05, 3.63) is 63.2 Å². The largest absolute Gasteiger partial charge is 0.452 e. The van der Waals surface area contributed by atoms with Crippen molar-refractivity contribution in [3.8, 4) is 0 Å². The van der Waals surface area contributed by atoms with Crippen molar-refractivity contribution in [3.63, 3.8) is 0 Å². The fourth-order valence-electron chi connectivity index (χ4n) is 2.51. The monoisotopic (exact) mass is 385 g/mol. The Morgan fingerprint density at radius 3 is 2.59 bits per heavy atom. The van der Waals surface area contributed by atoms with Crippen LogP contribution in [0.4, 0.5) is 10.8 Å². The van der Waals surface area contributed by atoms with Gasteiger partial charge in [0, 0.05) is 12.1 Å². The predicted molar refractivity (Wildman–Crippen MR) is 101 cm³/mol. The number of non-ortho nitro benzene ring substituents is 1. The van der Waals surface area contributed by atoms with Crippen LogP contribution in [0.1, 0.15) is 21.5 Å². The first-order valence-electron chi connectivity index (χ1n) is 7.92. The number of hydrogen-bond acceptors (Lipinski definition) is 7. The molecule has 27 heavy (non-hydrogen) atoms. The number of aryl methyl sites for hydroxylation is 2. The summed E-state index contributed by atoms with van der Waals surface area (Å²) in [6, 6.07) is 8.95. The molecule has 0 fully saturated rings. The van der Waals surface area contributed by atoms with Gasteiger partial charge in [-0.05, 0) is 43.2 Å². The fourth-order valence-corrected chi connectivity index (χ4v) is 3.57. The molecule has 1 amide bonds. The number of ether oxygens (including phenoxy) is 1. The van der Waals surface area contributed by atoms with Gasteiger partial charge in [-0.15, -0.1) is 0 Å². The van der Waals surface area contributed by atoms with Crippen molar-refractivity contribution in [2.45, 2.75) is 13.8 Å². The van der Waals surface area contributed by atoms with Crippen LogP contribution in [0, 0.1) is 24.0 Å². The van der Waals surface area contributed by atoms with Crippen LogP contribution in [0.2, 0.25) is 0 Å². The third-order valence-corrected chi connectivity index (χ3v) is 4.64. The maximum absolute atomic E-state index is 12.0. The van der Waals surface area contributed by atoms with Crippen molar-refractivity contribution in [2.75, 3.05) is 11.9 Å². The molecule has 3 aromatic rings. The van der Waals surface area contributed by atoms with E-state index in [1.54, 1.807) is 0 Å². The molecule has 1 N–H and O–H groups in total. The number of amides is 1. The standard InChI is InChI=1S/C18H15N3O5S/c1-10-7-11(2)16-14(8-10)27-18(20-16)19-15(22)9-26-17(23)12-3-5-13(6-4-12)21(24)25/h3-8H,9H2,1-2H3,(H,19,20,22). The molecule has 8 nitrogen and oxygen atoms in total. The Bertz CT molecular complexity index is 1040.